The highest BCUT2D eigenvalue weighted by Gasteiger charge is 2.21. The van der Waals surface area contributed by atoms with E-state index in [-0.39, 0.29) is 6.61 Å². The van der Waals surface area contributed by atoms with Crippen molar-refractivity contribution in [2.45, 2.75) is 70.4 Å². The predicted octanol–water partition coefficient (Wildman–Crippen LogP) is 5.41. The third-order valence-electron chi connectivity index (χ3n) is 5.74. The molecule has 27 heavy (non-hydrogen) atoms. The lowest BCUT2D eigenvalue weighted by molar-refractivity contribution is 0.123. The Kier molecular flexibility index (Phi) is 6.96. The van der Waals surface area contributed by atoms with Crippen LogP contribution in [0.4, 0.5) is 0 Å². The summed E-state index contributed by atoms with van der Waals surface area (Å²) in [6, 6.07) is 12.8. The number of ether oxygens (including phenoxy) is 1. The van der Waals surface area contributed by atoms with Crippen LogP contribution in [0.25, 0.3) is 10.4 Å². The maximum absolute atomic E-state index is 9.29. The maximum Gasteiger partial charge on any atom is 0.119 e. The molecule has 3 N–H and O–H groups in total. The van der Waals surface area contributed by atoms with E-state index in [1.807, 2.05) is 6.92 Å². The number of hydrogen-bond acceptors (Lipinski definition) is 4. The van der Waals surface area contributed by atoms with E-state index in [1.165, 1.54) is 47.4 Å². The third-order valence-corrected chi connectivity index (χ3v) is 6.93. The van der Waals surface area contributed by atoms with E-state index in [1.54, 1.807) is 11.3 Å². The van der Waals surface area contributed by atoms with E-state index >= 15 is 0 Å². The standard InChI is InChI=1S/C23H33NO2S/c1-17(18-6-4-3-5-7-18)26-20-10-8-19(9-11-20)22-13-12-21(27-22)14-15-23(2,24)16-25/h8-13,17-18,25H,3-7,14-16,24H2,1-2H3. The summed E-state index contributed by atoms with van der Waals surface area (Å²) < 4.78 is 6.20. The second-order valence-corrected chi connectivity index (χ2v) is 9.49. The molecule has 0 spiro atoms. The number of hydrogen-bond donors (Lipinski definition) is 2. The van der Waals surface area contributed by atoms with Gasteiger partial charge in [0.1, 0.15) is 5.75 Å². The summed E-state index contributed by atoms with van der Waals surface area (Å²) in [7, 11) is 0. The van der Waals surface area contributed by atoms with Crippen molar-refractivity contribution < 1.29 is 9.84 Å². The van der Waals surface area contributed by atoms with Gasteiger partial charge < -0.3 is 15.6 Å². The van der Waals surface area contributed by atoms with E-state index in [0.29, 0.717) is 12.0 Å². The molecule has 1 heterocycles. The van der Waals surface area contributed by atoms with Crippen molar-refractivity contribution in [3.05, 3.63) is 41.3 Å². The Morgan fingerprint density at radius 2 is 1.85 bits per heavy atom. The van der Waals surface area contributed by atoms with Gasteiger partial charge in [0, 0.05) is 15.3 Å². The number of aryl methyl sites for hydroxylation is 1. The molecule has 1 fully saturated rings. The number of aliphatic hydroxyl groups is 1. The lowest BCUT2D eigenvalue weighted by Crippen LogP contribution is -2.40. The van der Waals surface area contributed by atoms with Crippen LogP contribution in [0.1, 0.15) is 57.2 Å². The van der Waals surface area contributed by atoms with Crippen molar-refractivity contribution in [3.63, 3.8) is 0 Å². The van der Waals surface area contributed by atoms with Crippen LogP contribution in [-0.4, -0.2) is 23.4 Å². The van der Waals surface area contributed by atoms with Crippen LogP contribution in [0.5, 0.6) is 5.75 Å². The highest BCUT2D eigenvalue weighted by atomic mass is 32.1. The van der Waals surface area contributed by atoms with Gasteiger partial charge in [-0.25, -0.2) is 0 Å². The number of thiophene rings is 1. The SMILES string of the molecule is CC(Oc1ccc(-c2ccc(CCC(C)(N)CO)s2)cc1)C1CCCCC1. The second-order valence-electron chi connectivity index (χ2n) is 8.32. The molecule has 2 unspecified atom stereocenters. The van der Waals surface area contributed by atoms with Crippen molar-refractivity contribution in [3.8, 4) is 16.2 Å². The topological polar surface area (TPSA) is 55.5 Å². The zero-order valence-electron chi connectivity index (χ0n) is 16.6. The molecule has 0 saturated heterocycles. The van der Waals surface area contributed by atoms with Crippen LogP contribution in [0.2, 0.25) is 0 Å². The maximum atomic E-state index is 9.29. The van der Waals surface area contributed by atoms with Crippen LogP contribution in [-0.2, 0) is 6.42 Å². The Hall–Kier alpha value is -1.36. The predicted molar refractivity (Wildman–Crippen MR) is 114 cm³/mol. The van der Waals surface area contributed by atoms with Gasteiger partial charge in [0.15, 0.2) is 0 Å². The quantitative estimate of drug-likeness (QED) is 0.637. The Morgan fingerprint density at radius 3 is 2.52 bits per heavy atom. The molecule has 1 aromatic heterocycles. The minimum absolute atomic E-state index is 0.0198. The van der Waals surface area contributed by atoms with Gasteiger partial charge in [0.05, 0.1) is 12.7 Å². The molecule has 0 amide bonds. The highest BCUT2D eigenvalue weighted by Crippen LogP contribution is 2.32. The summed E-state index contributed by atoms with van der Waals surface area (Å²) in [6.45, 7) is 4.13. The first kappa shape index (κ1) is 20.4. The van der Waals surface area contributed by atoms with Crippen molar-refractivity contribution in [2.24, 2.45) is 11.7 Å². The summed E-state index contributed by atoms with van der Waals surface area (Å²) >= 11 is 1.80. The molecule has 3 nitrogen and oxygen atoms in total. The van der Waals surface area contributed by atoms with Gasteiger partial charge in [-0.1, -0.05) is 19.3 Å². The van der Waals surface area contributed by atoms with Crippen LogP contribution in [0, 0.1) is 5.92 Å². The van der Waals surface area contributed by atoms with Gasteiger partial charge in [-0.05, 0) is 87.4 Å². The van der Waals surface area contributed by atoms with Crippen LogP contribution < -0.4 is 10.5 Å². The van der Waals surface area contributed by atoms with E-state index < -0.39 is 5.54 Å². The first-order chi connectivity index (χ1) is 13.0. The summed E-state index contributed by atoms with van der Waals surface area (Å²) in [6.07, 6.45) is 8.66. The Balaban J connectivity index is 1.57. The van der Waals surface area contributed by atoms with Gasteiger partial charge in [0.2, 0.25) is 0 Å². The fourth-order valence-corrected chi connectivity index (χ4v) is 4.78. The first-order valence-electron chi connectivity index (χ1n) is 10.2. The zero-order chi connectivity index (χ0) is 19.3. The Morgan fingerprint density at radius 1 is 1.15 bits per heavy atom. The van der Waals surface area contributed by atoms with Gasteiger partial charge in [-0.15, -0.1) is 11.3 Å². The first-order valence-corrected chi connectivity index (χ1v) is 11.0. The number of nitrogens with two attached hydrogens (primary N) is 1. The smallest absolute Gasteiger partial charge is 0.119 e. The summed E-state index contributed by atoms with van der Waals surface area (Å²) in [5.74, 6) is 1.67. The molecule has 1 aliphatic carbocycles. The summed E-state index contributed by atoms with van der Waals surface area (Å²) in [5, 5.41) is 9.29. The minimum Gasteiger partial charge on any atom is -0.490 e. The van der Waals surface area contributed by atoms with Crippen LogP contribution >= 0.6 is 11.3 Å². The lowest BCUT2D eigenvalue weighted by atomic mass is 9.86. The number of aliphatic hydroxyl groups excluding tert-OH is 1. The minimum atomic E-state index is -0.502. The fourth-order valence-electron chi connectivity index (χ4n) is 3.77. The molecular weight excluding hydrogens is 354 g/mol. The number of rotatable bonds is 8. The van der Waals surface area contributed by atoms with Crippen LogP contribution in [0.3, 0.4) is 0 Å². The van der Waals surface area contributed by atoms with Crippen molar-refractivity contribution in [2.75, 3.05) is 6.61 Å². The normalized spacial score (nSPS) is 18.8. The van der Waals surface area contributed by atoms with Crippen molar-refractivity contribution >= 4 is 11.3 Å². The van der Waals surface area contributed by atoms with Crippen molar-refractivity contribution in [1.29, 1.82) is 0 Å². The van der Waals surface area contributed by atoms with Gasteiger partial charge in [0.25, 0.3) is 0 Å². The molecule has 2 aromatic rings. The molecule has 2 atom stereocenters. The Labute approximate surface area is 167 Å². The van der Waals surface area contributed by atoms with Gasteiger partial charge in [-0.3, -0.25) is 0 Å². The molecule has 3 rings (SSSR count). The zero-order valence-corrected chi connectivity index (χ0v) is 17.4. The monoisotopic (exact) mass is 387 g/mol. The Bertz CT molecular complexity index is 701. The van der Waals surface area contributed by atoms with Crippen LogP contribution in [0.15, 0.2) is 36.4 Å². The molecule has 1 aromatic carbocycles. The molecule has 4 heteroatoms. The molecule has 1 saturated carbocycles. The largest absolute Gasteiger partial charge is 0.490 e. The molecule has 148 valence electrons. The van der Waals surface area contributed by atoms with Crippen molar-refractivity contribution in [1.82, 2.24) is 0 Å². The van der Waals surface area contributed by atoms with Gasteiger partial charge >= 0.3 is 0 Å². The molecule has 0 radical (unpaired) electrons. The molecule has 1 aliphatic rings. The average Bonchev–Trinajstić information content (AvgIpc) is 3.17. The van der Waals surface area contributed by atoms with E-state index in [0.717, 1.165) is 18.6 Å². The molecule has 0 bridgehead atoms. The second kappa shape index (κ2) is 9.22. The highest BCUT2D eigenvalue weighted by molar-refractivity contribution is 7.15. The number of benzene rings is 1. The average molecular weight is 388 g/mol. The fraction of sp³-hybridized carbons (Fsp3) is 0.565. The third kappa shape index (κ3) is 5.81. The lowest BCUT2D eigenvalue weighted by Gasteiger charge is -2.28. The molecule has 0 aliphatic heterocycles. The summed E-state index contributed by atoms with van der Waals surface area (Å²) in [4.78, 5) is 2.57. The van der Waals surface area contributed by atoms with E-state index in [9.17, 15) is 5.11 Å². The molecular formula is C23H33NO2S. The van der Waals surface area contributed by atoms with Gasteiger partial charge in [-0.2, -0.15) is 0 Å². The van der Waals surface area contributed by atoms with E-state index in [2.05, 4.69) is 43.3 Å². The summed E-state index contributed by atoms with van der Waals surface area (Å²) in [5.41, 5.74) is 6.75. The van der Waals surface area contributed by atoms with E-state index in [4.69, 9.17) is 10.5 Å².